The Kier molecular flexibility index (Phi) is 6.59. The maximum Gasteiger partial charge on any atom is 0.272 e. The molecule has 8 nitrogen and oxygen atoms in total. The van der Waals surface area contributed by atoms with Gasteiger partial charge in [-0.25, -0.2) is 19.3 Å². The second kappa shape index (κ2) is 10.1. The number of hydrogen-bond acceptors (Lipinski definition) is 8. The van der Waals surface area contributed by atoms with Crippen molar-refractivity contribution in [1.82, 2.24) is 25.3 Å². The highest BCUT2D eigenvalue weighted by molar-refractivity contribution is 8.01. The van der Waals surface area contributed by atoms with Crippen LogP contribution in [0.1, 0.15) is 16.1 Å². The molecule has 1 aromatic carbocycles. The van der Waals surface area contributed by atoms with Crippen molar-refractivity contribution >= 4 is 50.9 Å². The van der Waals surface area contributed by atoms with Gasteiger partial charge in [-0.3, -0.25) is 4.79 Å². The third kappa shape index (κ3) is 5.26. The predicted molar refractivity (Wildman–Crippen MR) is 134 cm³/mol. The predicted octanol–water partition coefficient (Wildman–Crippen LogP) is 5.13. The number of H-pyrrole nitrogens is 1. The first-order valence-corrected chi connectivity index (χ1v) is 12.2. The highest BCUT2D eigenvalue weighted by Crippen LogP contribution is 2.36. The number of aromatic nitrogens is 4. The van der Waals surface area contributed by atoms with Crippen molar-refractivity contribution in [3.05, 3.63) is 84.3 Å². The summed E-state index contributed by atoms with van der Waals surface area (Å²) in [7, 11) is 0. The number of rotatable bonds is 8. The molecule has 0 saturated heterocycles. The molecule has 4 N–H and O–H groups in total. The molecule has 0 spiro atoms. The molecule has 0 aliphatic rings. The molecular weight excluding hydrogens is 487 g/mol. The normalized spacial score (nSPS) is 11.0. The van der Waals surface area contributed by atoms with Gasteiger partial charge >= 0.3 is 0 Å². The van der Waals surface area contributed by atoms with Crippen LogP contribution in [0, 0.1) is 5.82 Å². The minimum atomic E-state index is -0.681. The highest BCUT2D eigenvalue weighted by Gasteiger charge is 2.18. The molecule has 0 atom stereocenters. The average Bonchev–Trinajstić information content (AvgIpc) is 3.47. The van der Waals surface area contributed by atoms with Gasteiger partial charge in [0.1, 0.15) is 11.6 Å². The number of phenolic OH excluding ortho intramolecular Hbond substituents is 1. The lowest BCUT2D eigenvalue weighted by atomic mass is 10.1. The fraction of sp³-hybridized carbons (Fsp3) is 0.0833. The summed E-state index contributed by atoms with van der Waals surface area (Å²) in [5.74, 6) is -0.436. The van der Waals surface area contributed by atoms with Crippen molar-refractivity contribution in [2.24, 2.45) is 0 Å². The molecule has 176 valence electrons. The molecule has 35 heavy (non-hydrogen) atoms. The Bertz CT molecular complexity index is 1490. The fourth-order valence-corrected chi connectivity index (χ4v) is 5.32. The van der Waals surface area contributed by atoms with Crippen molar-refractivity contribution in [3.63, 3.8) is 0 Å². The zero-order chi connectivity index (χ0) is 24.2. The number of amides is 1. The first-order chi connectivity index (χ1) is 17.1. The van der Waals surface area contributed by atoms with Gasteiger partial charge in [0.25, 0.3) is 5.91 Å². The van der Waals surface area contributed by atoms with E-state index in [4.69, 9.17) is 0 Å². The molecular formula is C24H19FN6O2S2. The summed E-state index contributed by atoms with van der Waals surface area (Å²) in [6, 6.07) is 12.1. The van der Waals surface area contributed by atoms with Gasteiger partial charge in [0.2, 0.25) is 0 Å². The molecule has 5 rings (SSSR count). The minimum Gasteiger partial charge on any atom is -0.508 e. The Morgan fingerprint density at radius 2 is 2.06 bits per heavy atom. The maximum atomic E-state index is 15.1. The number of pyridine rings is 2. The van der Waals surface area contributed by atoms with E-state index in [1.807, 2.05) is 24.4 Å². The maximum absolute atomic E-state index is 15.1. The average molecular weight is 507 g/mol. The zero-order valence-electron chi connectivity index (χ0n) is 18.2. The van der Waals surface area contributed by atoms with E-state index >= 15 is 4.39 Å². The standard InChI is InChI=1S/C24H19FN6O2S2/c25-21-18(34-20-13-30-24(35-20)31-19-3-1-2-8-26-19)7-10-27-22(21)23(33)28-9-6-14-12-29-17-5-4-15(32)11-16(14)17/h1-5,7-8,10-13,29,32H,6,9H2,(H,28,33)(H,26,30,31). The third-order valence-electron chi connectivity index (χ3n) is 5.09. The number of halogens is 1. The van der Waals surface area contributed by atoms with Gasteiger partial charge in [-0.2, -0.15) is 0 Å². The summed E-state index contributed by atoms with van der Waals surface area (Å²) in [4.78, 5) is 28.5. The lowest BCUT2D eigenvalue weighted by Crippen LogP contribution is -2.27. The molecule has 1 amide bonds. The number of nitrogens with one attached hydrogen (secondary N) is 3. The number of fused-ring (bicyclic) bond motifs is 1. The lowest BCUT2D eigenvalue weighted by Gasteiger charge is -2.07. The molecule has 0 bridgehead atoms. The van der Waals surface area contributed by atoms with Crippen LogP contribution in [0.25, 0.3) is 10.9 Å². The molecule has 0 unspecified atom stereocenters. The Morgan fingerprint density at radius 3 is 2.91 bits per heavy atom. The summed E-state index contributed by atoms with van der Waals surface area (Å²) in [5, 5.41) is 17.1. The number of carbonyl (C=O) groups excluding carboxylic acids is 1. The number of carbonyl (C=O) groups is 1. The second-order valence-corrected chi connectivity index (χ2v) is 9.82. The quantitative estimate of drug-likeness (QED) is 0.231. The third-order valence-corrected chi connectivity index (χ3v) is 7.14. The van der Waals surface area contributed by atoms with Gasteiger partial charge in [-0.15, -0.1) is 0 Å². The minimum absolute atomic E-state index is 0.170. The van der Waals surface area contributed by atoms with Gasteiger partial charge in [-0.05, 0) is 48.4 Å². The van der Waals surface area contributed by atoms with Crippen LogP contribution in [0.15, 0.2) is 76.4 Å². The van der Waals surface area contributed by atoms with Gasteiger partial charge in [-0.1, -0.05) is 29.2 Å². The van der Waals surface area contributed by atoms with Gasteiger partial charge in [0.05, 0.1) is 15.3 Å². The van der Waals surface area contributed by atoms with E-state index < -0.39 is 11.7 Å². The lowest BCUT2D eigenvalue weighted by molar-refractivity contribution is 0.0944. The molecule has 0 aliphatic carbocycles. The van der Waals surface area contributed by atoms with E-state index in [9.17, 15) is 9.90 Å². The smallest absolute Gasteiger partial charge is 0.272 e. The van der Waals surface area contributed by atoms with Crippen molar-refractivity contribution in [2.75, 3.05) is 11.9 Å². The monoisotopic (exact) mass is 506 g/mol. The Balaban J connectivity index is 1.22. The Labute approximate surface area is 207 Å². The van der Waals surface area contributed by atoms with E-state index in [1.54, 1.807) is 30.6 Å². The summed E-state index contributed by atoms with van der Waals surface area (Å²) < 4.78 is 15.8. The number of nitrogens with zero attached hydrogens (tertiary/aromatic N) is 3. The first-order valence-electron chi connectivity index (χ1n) is 10.6. The van der Waals surface area contributed by atoms with E-state index in [-0.39, 0.29) is 22.9 Å². The van der Waals surface area contributed by atoms with Crippen LogP contribution < -0.4 is 10.6 Å². The molecule has 4 heterocycles. The van der Waals surface area contributed by atoms with Crippen molar-refractivity contribution in [1.29, 1.82) is 0 Å². The molecule has 0 fully saturated rings. The number of phenols is 1. The van der Waals surface area contributed by atoms with Crippen molar-refractivity contribution in [2.45, 2.75) is 15.5 Å². The van der Waals surface area contributed by atoms with Gasteiger partial charge in [0, 0.05) is 36.0 Å². The summed E-state index contributed by atoms with van der Waals surface area (Å²) in [6.45, 7) is 0.289. The molecule has 0 radical (unpaired) electrons. The van der Waals surface area contributed by atoms with Crippen LogP contribution >= 0.6 is 23.1 Å². The van der Waals surface area contributed by atoms with Crippen LogP contribution in [-0.4, -0.2) is 37.5 Å². The van der Waals surface area contributed by atoms with Crippen LogP contribution in [0.2, 0.25) is 0 Å². The first kappa shape index (κ1) is 22.8. The fourth-order valence-electron chi connectivity index (χ4n) is 3.45. The summed E-state index contributed by atoms with van der Waals surface area (Å²) >= 11 is 2.53. The SMILES string of the molecule is O=C(NCCc1c[nH]c2ccc(O)cc12)c1nccc(Sc2cnc(Nc3ccccn3)s2)c1F. The molecule has 11 heteroatoms. The molecule has 5 aromatic rings. The second-order valence-electron chi connectivity index (χ2n) is 7.45. The van der Waals surface area contributed by atoms with E-state index in [0.29, 0.717) is 17.4 Å². The highest BCUT2D eigenvalue weighted by atomic mass is 32.2. The topological polar surface area (TPSA) is 116 Å². The molecule has 0 saturated carbocycles. The summed E-state index contributed by atoms with van der Waals surface area (Å²) in [5.41, 5.74) is 1.57. The van der Waals surface area contributed by atoms with E-state index in [2.05, 4.69) is 30.6 Å². The van der Waals surface area contributed by atoms with E-state index in [0.717, 1.165) is 20.7 Å². The van der Waals surface area contributed by atoms with Crippen LogP contribution in [-0.2, 0) is 6.42 Å². The number of aromatic amines is 1. The van der Waals surface area contributed by atoms with E-state index in [1.165, 1.54) is 35.4 Å². The zero-order valence-corrected chi connectivity index (χ0v) is 19.8. The number of anilines is 2. The van der Waals surface area contributed by atoms with Crippen LogP contribution in [0.4, 0.5) is 15.3 Å². The number of benzene rings is 1. The largest absolute Gasteiger partial charge is 0.508 e. The molecule has 0 aliphatic heterocycles. The number of thiazole rings is 1. The number of aromatic hydroxyl groups is 1. The van der Waals surface area contributed by atoms with Crippen LogP contribution in [0.5, 0.6) is 5.75 Å². The Hall–Kier alpha value is -3.96. The van der Waals surface area contributed by atoms with Gasteiger partial charge < -0.3 is 20.7 Å². The van der Waals surface area contributed by atoms with Crippen molar-refractivity contribution < 1.29 is 14.3 Å². The van der Waals surface area contributed by atoms with Gasteiger partial charge in [0.15, 0.2) is 16.6 Å². The number of hydrogen-bond donors (Lipinski definition) is 4. The van der Waals surface area contributed by atoms with Crippen LogP contribution in [0.3, 0.4) is 0 Å². The summed E-state index contributed by atoms with van der Waals surface area (Å²) in [6.07, 6.45) is 7.07. The molecule has 4 aromatic heterocycles. The van der Waals surface area contributed by atoms with Crippen molar-refractivity contribution in [3.8, 4) is 5.75 Å². The Morgan fingerprint density at radius 1 is 1.14 bits per heavy atom.